The lowest BCUT2D eigenvalue weighted by atomic mass is 9.93. The molecule has 2 aromatic carbocycles. The van der Waals surface area contributed by atoms with Gasteiger partial charge in [-0.1, -0.05) is 36.8 Å². The van der Waals surface area contributed by atoms with Gasteiger partial charge < -0.3 is 9.08 Å². The third-order valence-electron chi connectivity index (χ3n) is 5.93. The molecule has 3 heterocycles. The second-order valence-electron chi connectivity index (χ2n) is 7.71. The molecular weight excluding hydrogens is 372 g/mol. The highest BCUT2D eigenvalue weighted by atomic mass is 32.2. The van der Waals surface area contributed by atoms with Crippen LogP contribution >= 0.6 is 0 Å². The quantitative estimate of drug-likeness (QED) is 0.724. The van der Waals surface area contributed by atoms with Crippen molar-refractivity contribution in [2.24, 2.45) is 0 Å². The average molecular weight is 397 g/mol. The van der Waals surface area contributed by atoms with Crippen LogP contribution in [0.1, 0.15) is 24.8 Å². The van der Waals surface area contributed by atoms with E-state index in [4.69, 9.17) is 4.18 Å². The van der Waals surface area contributed by atoms with Crippen LogP contribution in [0.4, 0.5) is 11.4 Å². The Morgan fingerprint density at radius 3 is 2.39 bits per heavy atom. The summed E-state index contributed by atoms with van der Waals surface area (Å²) in [6.07, 6.45) is 3.47. The van der Waals surface area contributed by atoms with E-state index < -0.39 is 10.1 Å². The average Bonchev–Trinajstić information content (AvgIpc) is 2.73. The number of hydrogen-bond donors (Lipinski definition) is 0. The van der Waals surface area contributed by atoms with E-state index in [0.717, 1.165) is 48.4 Å². The molecular formula is C22H24N2O3S. The maximum atomic E-state index is 12.6. The SMILES string of the molecule is O=S1(=O)CC(N2CCCCC2)C2=C(O1)c1ccccc1N(c1ccccc1)C2. The number of nitrogens with zero attached hydrogens (tertiary/aromatic N) is 2. The minimum Gasteiger partial charge on any atom is -0.382 e. The van der Waals surface area contributed by atoms with Crippen molar-refractivity contribution in [3.63, 3.8) is 0 Å². The van der Waals surface area contributed by atoms with Gasteiger partial charge in [0.25, 0.3) is 0 Å². The van der Waals surface area contributed by atoms with Crippen LogP contribution in [0.2, 0.25) is 0 Å². The summed E-state index contributed by atoms with van der Waals surface area (Å²) < 4.78 is 30.9. The van der Waals surface area contributed by atoms with Crippen LogP contribution in [0.25, 0.3) is 5.76 Å². The van der Waals surface area contributed by atoms with Gasteiger partial charge in [0.05, 0.1) is 11.7 Å². The summed E-state index contributed by atoms with van der Waals surface area (Å²) in [6.45, 7) is 2.54. The van der Waals surface area contributed by atoms with Gasteiger partial charge in [-0.2, -0.15) is 8.42 Å². The maximum absolute atomic E-state index is 12.6. The van der Waals surface area contributed by atoms with Crippen molar-refractivity contribution in [1.29, 1.82) is 0 Å². The number of hydrogen-bond acceptors (Lipinski definition) is 5. The fourth-order valence-electron chi connectivity index (χ4n) is 4.61. The Balaban J connectivity index is 1.65. The lowest BCUT2D eigenvalue weighted by molar-refractivity contribution is 0.188. The highest BCUT2D eigenvalue weighted by Gasteiger charge is 2.41. The summed E-state index contributed by atoms with van der Waals surface area (Å²) >= 11 is 0. The third-order valence-corrected chi connectivity index (χ3v) is 7.08. The number of likely N-dealkylation sites (tertiary alicyclic amines) is 1. The molecule has 0 aliphatic carbocycles. The zero-order valence-corrected chi connectivity index (χ0v) is 16.6. The predicted molar refractivity (Wildman–Crippen MR) is 111 cm³/mol. The summed E-state index contributed by atoms with van der Waals surface area (Å²) in [4.78, 5) is 4.61. The molecule has 0 amide bonds. The minimum atomic E-state index is -3.59. The Morgan fingerprint density at radius 2 is 1.61 bits per heavy atom. The number of para-hydroxylation sites is 2. The van der Waals surface area contributed by atoms with E-state index in [0.29, 0.717) is 12.3 Å². The van der Waals surface area contributed by atoms with E-state index in [1.807, 2.05) is 42.5 Å². The van der Waals surface area contributed by atoms with E-state index in [1.165, 1.54) is 6.42 Å². The maximum Gasteiger partial charge on any atom is 0.311 e. The highest BCUT2D eigenvalue weighted by Crippen LogP contribution is 2.44. The molecule has 3 aliphatic heterocycles. The van der Waals surface area contributed by atoms with Gasteiger partial charge in [-0.05, 0) is 50.2 Å². The number of piperidine rings is 1. The van der Waals surface area contributed by atoms with Gasteiger partial charge >= 0.3 is 10.1 Å². The van der Waals surface area contributed by atoms with E-state index in [2.05, 4.69) is 21.9 Å². The summed E-state index contributed by atoms with van der Waals surface area (Å²) in [5.74, 6) is 0.584. The van der Waals surface area contributed by atoms with Gasteiger partial charge in [0, 0.05) is 23.4 Å². The van der Waals surface area contributed by atoms with Crippen molar-refractivity contribution in [2.75, 3.05) is 30.3 Å². The monoisotopic (exact) mass is 396 g/mol. The summed E-state index contributed by atoms with van der Waals surface area (Å²) in [7, 11) is -3.59. The highest BCUT2D eigenvalue weighted by molar-refractivity contribution is 7.87. The van der Waals surface area contributed by atoms with Crippen LogP contribution in [-0.4, -0.2) is 44.7 Å². The van der Waals surface area contributed by atoms with E-state index in [-0.39, 0.29) is 11.8 Å². The van der Waals surface area contributed by atoms with Crippen molar-refractivity contribution in [3.05, 3.63) is 65.7 Å². The smallest absolute Gasteiger partial charge is 0.311 e. The normalized spacial score (nSPS) is 24.3. The summed E-state index contributed by atoms with van der Waals surface area (Å²) in [5.41, 5.74) is 4.03. The van der Waals surface area contributed by atoms with Crippen molar-refractivity contribution in [3.8, 4) is 0 Å². The zero-order chi connectivity index (χ0) is 19.1. The van der Waals surface area contributed by atoms with Crippen LogP contribution in [0.3, 0.4) is 0 Å². The first-order chi connectivity index (χ1) is 13.6. The predicted octanol–water partition coefficient (Wildman–Crippen LogP) is 3.76. The zero-order valence-electron chi connectivity index (χ0n) is 15.8. The van der Waals surface area contributed by atoms with Gasteiger partial charge in [0.15, 0.2) is 5.76 Å². The molecule has 0 saturated carbocycles. The van der Waals surface area contributed by atoms with Crippen molar-refractivity contribution in [2.45, 2.75) is 25.3 Å². The largest absolute Gasteiger partial charge is 0.382 e. The fourth-order valence-corrected chi connectivity index (χ4v) is 5.92. The Kier molecular flexibility index (Phi) is 4.40. The third kappa shape index (κ3) is 3.10. The molecule has 0 bridgehead atoms. The van der Waals surface area contributed by atoms with Crippen molar-refractivity contribution >= 4 is 27.3 Å². The van der Waals surface area contributed by atoms with Gasteiger partial charge in [0.2, 0.25) is 0 Å². The second kappa shape index (κ2) is 6.94. The standard InChI is InChI=1S/C22H24N2O3S/c25-28(26)16-21(23-13-7-2-8-14-23)19-15-24(17-9-3-1-4-10-17)20-12-6-5-11-18(20)22(19)27-28/h1,3-6,9-12,21H,2,7-8,13-16H2. The molecule has 1 atom stereocenters. The molecule has 0 aromatic heterocycles. The Bertz CT molecular complexity index is 1010. The van der Waals surface area contributed by atoms with Crippen LogP contribution in [-0.2, 0) is 14.3 Å². The number of benzene rings is 2. The fraction of sp³-hybridized carbons (Fsp3) is 0.364. The number of fused-ring (bicyclic) bond motifs is 2. The van der Waals surface area contributed by atoms with E-state index in [1.54, 1.807) is 0 Å². The van der Waals surface area contributed by atoms with Crippen LogP contribution in [0, 0.1) is 0 Å². The molecule has 2 aromatic rings. The Labute approximate surface area is 166 Å². The first kappa shape index (κ1) is 17.8. The molecule has 6 heteroatoms. The lowest BCUT2D eigenvalue weighted by Crippen LogP contribution is -2.49. The molecule has 146 valence electrons. The van der Waals surface area contributed by atoms with Crippen LogP contribution in [0.5, 0.6) is 0 Å². The van der Waals surface area contributed by atoms with Gasteiger partial charge in [-0.3, -0.25) is 4.90 Å². The lowest BCUT2D eigenvalue weighted by Gasteiger charge is -2.43. The van der Waals surface area contributed by atoms with E-state index in [9.17, 15) is 8.42 Å². The molecule has 0 spiro atoms. The molecule has 1 fully saturated rings. The molecule has 0 N–H and O–H groups in total. The Hall–Kier alpha value is -2.31. The first-order valence-electron chi connectivity index (χ1n) is 9.94. The van der Waals surface area contributed by atoms with Gasteiger partial charge in [-0.25, -0.2) is 0 Å². The number of rotatable bonds is 2. The summed E-state index contributed by atoms with van der Waals surface area (Å²) in [5, 5.41) is 0. The van der Waals surface area contributed by atoms with Crippen molar-refractivity contribution < 1.29 is 12.6 Å². The summed E-state index contributed by atoms with van der Waals surface area (Å²) in [6, 6.07) is 18.1. The molecule has 1 saturated heterocycles. The van der Waals surface area contributed by atoms with E-state index >= 15 is 0 Å². The minimum absolute atomic E-state index is 0.0383. The molecule has 1 unspecified atom stereocenters. The van der Waals surface area contributed by atoms with Gasteiger partial charge in [0.1, 0.15) is 5.75 Å². The first-order valence-corrected chi connectivity index (χ1v) is 11.5. The topological polar surface area (TPSA) is 49.9 Å². The number of anilines is 2. The molecule has 0 radical (unpaired) electrons. The molecule has 28 heavy (non-hydrogen) atoms. The molecule has 3 aliphatic rings. The Morgan fingerprint density at radius 1 is 0.893 bits per heavy atom. The molecule has 5 nitrogen and oxygen atoms in total. The van der Waals surface area contributed by atoms with Crippen molar-refractivity contribution in [1.82, 2.24) is 4.90 Å². The second-order valence-corrected chi connectivity index (χ2v) is 9.33. The van der Waals surface area contributed by atoms with Gasteiger partial charge in [-0.15, -0.1) is 0 Å². The van der Waals surface area contributed by atoms with Crippen LogP contribution < -0.4 is 4.90 Å². The molecule has 5 rings (SSSR count). The van der Waals surface area contributed by atoms with Crippen LogP contribution in [0.15, 0.2) is 60.2 Å².